The molecular formula is C8H14O4S. The summed E-state index contributed by atoms with van der Waals surface area (Å²) in [5.74, 6) is -0.906. The fraction of sp³-hybridized carbons (Fsp3) is 0.750. The van der Waals surface area contributed by atoms with Crippen LogP contribution in [-0.4, -0.2) is 34.7 Å². The van der Waals surface area contributed by atoms with Crippen molar-refractivity contribution in [2.45, 2.75) is 25.5 Å². The third-order valence-electron chi connectivity index (χ3n) is 1.25. The maximum atomic E-state index is 10.8. The molecule has 76 valence electrons. The molecule has 0 saturated carbocycles. The van der Waals surface area contributed by atoms with Gasteiger partial charge in [-0.25, -0.2) is 0 Å². The first-order valence-corrected chi connectivity index (χ1v) is 5.10. The molecule has 0 aliphatic carbocycles. The third-order valence-corrected chi connectivity index (χ3v) is 2.39. The highest BCUT2D eigenvalue weighted by Gasteiger charge is 2.10. The number of ether oxygens (including phenoxy) is 1. The van der Waals surface area contributed by atoms with Crippen molar-refractivity contribution in [2.24, 2.45) is 0 Å². The van der Waals surface area contributed by atoms with Gasteiger partial charge in [0.1, 0.15) is 0 Å². The van der Waals surface area contributed by atoms with E-state index in [1.807, 2.05) is 0 Å². The average Bonchev–Trinajstić information content (AvgIpc) is 2.00. The highest BCUT2D eigenvalue weighted by atomic mass is 32.2. The Hall–Kier alpha value is -0.710. The Kier molecular flexibility index (Phi) is 6.40. The Balaban J connectivity index is 3.51. The van der Waals surface area contributed by atoms with E-state index in [0.717, 1.165) is 0 Å². The molecule has 0 fully saturated rings. The first kappa shape index (κ1) is 12.3. The summed E-state index contributed by atoms with van der Waals surface area (Å²) in [5, 5.41) is 8.37. The first-order chi connectivity index (χ1) is 6.06. The van der Waals surface area contributed by atoms with Crippen LogP contribution in [0.3, 0.4) is 0 Å². The van der Waals surface area contributed by atoms with E-state index in [4.69, 9.17) is 9.84 Å². The molecule has 0 aliphatic rings. The van der Waals surface area contributed by atoms with Gasteiger partial charge in [0, 0.05) is 5.25 Å². The van der Waals surface area contributed by atoms with E-state index in [1.54, 1.807) is 13.8 Å². The molecule has 0 radical (unpaired) electrons. The monoisotopic (exact) mass is 206 g/mol. The second kappa shape index (κ2) is 6.77. The molecule has 0 rings (SSSR count). The van der Waals surface area contributed by atoms with Gasteiger partial charge in [0.15, 0.2) is 0 Å². The van der Waals surface area contributed by atoms with Crippen LogP contribution in [0.25, 0.3) is 0 Å². The summed E-state index contributed by atoms with van der Waals surface area (Å²) in [7, 11) is 0. The highest BCUT2D eigenvalue weighted by molar-refractivity contribution is 8.00. The van der Waals surface area contributed by atoms with Gasteiger partial charge in [0.2, 0.25) is 0 Å². The van der Waals surface area contributed by atoms with Gasteiger partial charge in [-0.05, 0) is 6.92 Å². The molecule has 0 aromatic heterocycles. The summed E-state index contributed by atoms with van der Waals surface area (Å²) >= 11 is 1.30. The Bertz CT molecular complexity index is 181. The van der Waals surface area contributed by atoms with Crippen molar-refractivity contribution in [3.63, 3.8) is 0 Å². The zero-order valence-corrected chi connectivity index (χ0v) is 8.60. The van der Waals surface area contributed by atoms with E-state index >= 15 is 0 Å². The lowest BCUT2D eigenvalue weighted by Crippen LogP contribution is -2.12. The zero-order valence-electron chi connectivity index (χ0n) is 7.78. The Morgan fingerprint density at radius 3 is 2.62 bits per heavy atom. The fourth-order valence-electron chi connectivity index (χ4n) is 0.718. The molecule has 0 saturated heterocycles. The predicted molar refractivity (Wildman–Crippen MR) is 50.8 cm³/mol. The van der Waals surface area contributed by atoms with Crippen LogP contribution in [0.2, 0.25) is 0 Å². The molecule has 0 amide bonds. The molecule has 0 heterocycles. The number of hydrogen-bond acceptors (Lipinski definition) is 4. The van der Waals surface area contributed by atoms with Crippen LogP contribution >= 0.6 is 11.8 Å². The van der Waals surface area contributed by atoms with Gasteiger partial charge in [-0.3, -0.25) is 9.59 Å². The lowest BCUT2D eigenvalue weighted by atomic mass is 10.3. The van der Waals surface area contributed by atoms with Crippen molar-refractivity contribution in [2.75, 3.05) is 12.4 Å². The van der Waals surface area contributed by atoms with Crippen LogP contribution in [0.1, 0.15) is 20.3 Å². The molecule has 0 aromatic rings. The van der Waals surface area contributed by atoms with E-state index in [9.17, 15) is 9.59 Å². The number of thioether (sulfide) groups is 1. The number of carbonyl (C=O) groups is 2. The number of carboxylic acids is 1. The topological polar surface area (TPSA) is 63.6 Å². The number of carbonyl (C=O) groups excluding carboxylic acids is 1. The summed E-state index contributed by atoms with van der Waals surface area (Å²) in [6.07, 6.45) is 0.0735. The van der Waals surface area contributed by atoms with Crippen LogP contribution in [0.15, 0.2) is 0 Å². The number of hydrogen-bond donors (Lipinski definition) is 1. The molecule has 0 spiro atoms. The molecule has 5 heteroatoms. The van der Waals surface area contributed by atoms with Gasteiger partial charge in [-0.2, -0.15) is 0 Å². The van der Waals surface area contributed by atoms with Crippen molar-refractivity contribution in [1.82, 2.24) is 0 Å². The van der Waals surface area contributed by atoms with E-state index < -0.39 is 5.97 Å². The zero-order chi connectivity index (χ0) is 10.3. The Morgan fingerprint density at radius 2 is 2.15 bits per heavy atom. The van der Waals surface area contributed by atoms with Crippen LogP contribution in [0.4, 0.5) is 0 Å². The molecule has 13 heavy (non-hydrogen) atoms. The molecule has 1 atom stereocenters. The van der Waals surface area contributed by atoms with Crippen LogP contribution < -0.4 is 0 Å². The molecule has 1 N–H and O–H groups in total. The summed E-state index contributed by atoms with van der Waals surface area (Å²) in [5.41, 5.74) is 0. The van der Waals surface area contributed by atoms with Crippen molar-refractivity contribution < 1.29 is 19.4 Å². The SMILES string of the molecule is CCOC(=O)CSC(C)CC(=O)O. The highest BCUT2D eigenvalue weighted by Crippen LogP contribution is 2.13. The van der Waals surface area contributed by atoms with Gasteiger partial charge in [-0.15, -0.1) is 11.8 Å². The maximum Gasteiger partial charge on any atom is 0.315 e. The molecule has 1 unspecified atom stereocenters. The second-order valence-corrected chi connectivity index (χ2v) is 3.95. The average molecular weight is 206 g/mol. The number of aliphatic carboxylic acids is 1. The number of esters is 1. The lowest BCUT2D eigenvalue weighted by Gasteiger charge is -2.07. The lowest BCUT2D eigenvalue weighted by molar-refractivity contribution is -0.140. The fourth-order valence-corrected chi connectivity index (χ4v) is 1.48. The summed E-state index contributed by atoms with van der Waals surface area (Å²) in [4.78, 5) is 21.1. The summed E-state index contributed by atoms with van der Waals surface area (Å²) in [6.45, 7) is 3.88. The van der Waals surface area contributed by atoms with E-state index in [-0.39, 0.29) is 23.4 Å². The van der Waals surface area contributed by atoms with Crippen LogP contribution in [-0.2, 0) is 14.3 Å². The quantitative estimate of drug-likeness (QED) is 0.660. The Morgan fingerprint density at radius 1 is 1.54 bits per heavy atom. The standard InChI is InChI=1S/C8H14O4S/c1-3-12-8(11)5-13-6(2)4-7(9)10/h6H,3-5H2,1-2H3,(H,9,10). The molecular weight excluding hydrogens is 192 g/mol. The third kappa shape index (κ3) is 7.64. The van der Waals surface area contributed by atoms with E-state index in [1.165, 1.54) is 11.8 Å². The maximum absolute atomic E-state index is 10.8. The number of carboxylic acid groups (broad SMARTS) is 1. The molecule has 4 nitrogen and oxygen atoms in total. The van der Waals surface area contributed by atoms with Crippen molar-refractivity contribution in [3.05, 3.63) is 0 Å². The normalized spacial score (nSPS) is 12.2. The Labute approximate surface area is 81.6 Å². The van der Waals surface area contributed by atoms with Crippen LogP contribution in [0.5, 0.6) is 0 Å². The minimum atomic E-state index is -0.844. The minimum absolute atomic E-state index is 0.0538. The second-order valence-electron chi connectivity index (χ2n) is 2.52. The minimum Gasteiger partial charge on any atom is -0.481 e. The van der Waals surface area contributed by atoms with Gasteiger partial charge in [0.05, 0.1) is 18.8 Å². The van der Waals surface area contributed by atoms with Gasteiger partial charge >= 0.3 is 11.9 Å². The van der Waals surface area contributed by atoms with E-state index in [0.29, 0.717) is 6.61 Å². The van der Waals surface area contributed by atoms with Gasteiger partial charge in [0.25, 0.3) is 0 Å². The van der Waals surface area contributed by atoms with Crippen molar-refractivity contribution in [1.29, 1.82) is 0 Å². The van der Waals surface area contributed by atoms with Crippen molar-refractivity contribution in [3.8, 4) is 0 Å². The molecule has 0 bridgehead atoms. The van der Waals surface area contributed by atoms with Gasteiger partial charge in [-0.1, -0.05) is 6.92 Å². The van der Waals surface area contributed by atoms with Crippen molar-refractivity contribution >= 4 is 23.7 Å². The summed E-state index contributed by atoms with van der Waals surface area (Å²) in [6, 6.07) is 0. The predicted octanol–water partition coefficient (Wildman–Crippen LogP) is 1.15. The largest absolute Gasteiger partial charge is 0.481 e. The first-order valence-electron chi connectivity index (χ1n) is 4.05. The van der Waals surface area contributed by atoms with E-state index in [2.05, 4.69) is 0 Å². The van der Waals surface area contributed by atoms with Gasteiger partial charge < -0.3 is 9.84 Å². The molecule has 0 aromatic carbocycles. The smallest absolute Gasteiger partial charge is 0.315 e. The van der Waals surface area contributed by atoms with Crippen LogP contribution in [0, 0.1) is 0 Å². The number of rotatable bonds is 6. The molecule has 0 aliphatic heterocycles. The summed E-state index contributed by atoms with van der Waals surface area (Å²) < 4.78 is 4.69.